The van der Waals surface area contributed by atoms with Gasteiger partial charge in [0, 0.05) is 24.9 Å². The highest BCUT2D eigenvalue weighted by molar-refractivity contribution is 9.10. The first kappa shape index (κ1) is 13.6. The largest absolute Gasteiger partial charge is 0.448 e. The third kappa shape index (κ3) is 2.62. The zero-order valence-corrected chi connectivity index (χ0v) is 12.6. The van der Waals surface area contributed by atoms with E-state index in [-0.39, 0.29) is 5.91 Å². The molecule has 3 aromatic rings. The number of rotatable bonds is 4. The number of amides is 1. The summed E-state index contributed by atoms with van der Waals surface area (Å²) < 4.78 is 7.97. The number of allylic oxidation sites excluding steroid dienone is 1. The van der Waals surface area contributed by atoms with Gasteiger partial charge in [0.2, 0.25) is 0 Å². The van der Waals surface area contributed by atoms with E-state index in [9.17, 15) is 4.79 Å². The number of hydrogen-bond acceptors (Lipinski definition) is 3. The van der Waals surface area contributed by atoms with Gasteiger partial charge in [-0.2, -0.15) is 0 Å². The van der Waals surface area contributed by atoms with Crippen molar-refractivity contribution in [1.82, 2.24) is 9.55 Å². The maximum absolute atomic E-state index is 12.4. The van der Waals surface area contributed by atoms with Crippen molar-refractivity contribution >= 4 is 38.8 Å². The van der Waals surface area contributed by atoms with Gasteiger partial charge in [-0.1, -0.05) is 12.1 Å². The summed E-state index contributed by atoms with van der Waals surface area (Å²) in [5.74, 6) is 0.268. The first-order valence-corrected chi connectivity index (χ1v) is 7.10. The van der Waals surface area contributed by atoms with E-state index in [1.807, 2.05) is 16.7 Å². The topological polar surface area (TPSA) is 60.1 Å². The van der Waals surface area contributed by atoms with Gasteiger partial charge in [-0.15, -0.1) is 6.58 Å². The van der Waals surface area contributed by atoms with Gasteiger partial charge in [0.15, 0.2) is 10.3 Å². The molecule has 0 aliphatic rings. The molecule has 0 aromatic carbocycles. The fraction of sp³-hybridized carbons (Fsp3) is 0.0667. The third-order valence-electron chi connectivity index (χ3n) is 3.01. The number of fused-ring (bicyclic) bond motifs is 1. The van der Waals surface area contributed by atoms with Crippen LogP contribution in [0, 0.1) is 0 Å². The highest BCUT2D eigenvalue weighted by Gasteiger charge is 2.18. The van der Waals surface area contributed by atoms with Gasteiger partial charge in [0.05, 0.1) is 5.52 Å². The van der Waals surface area contributed by atoms with Crippen LogP contribution < -0.4 is 5.32 Å². The average Bonchev–Trinajstić information content (AvgIpc) is 2.98. The average molecular weight is 346 g/mol. The Morgan fingerprint density at radius 1 is 1.48 bits per heavy atom. The number of halogens is 1. The summed E-state index contributed by atoms with van der Waals surface area (Å²) in [5, 5.41) is 2.76. The summed E-state index contributed by atoms with van der Waals surface area (Å²) in [6.45, 7) is 4.24. The Labute approximate surface area is 129 Å². The van der Waals surface area contributed by atoms with Crippen LogP contribution in [-0.4, -0.2) is 15.5 Å². The van der Waals surface area contributed by atoms with Crippen molar-refractivity contribution in [2.75, 3.05) is 5.32 Å². The molecule has 1 amide bonds. The molecule has 6 heteroatoms. The summed E-state index contributed by atoms with van der Waals surface area (Å²) in [7, 11) is 0. The van der Waals surface area contributed by atoms with Crippen LogP contribution in [0.25, 0.3) is 11.1 Å². The van der Waals surface area contributed by atoms with Crippen molar-refractivity contribution in [2.24, 2.45) is 0 Å². The summed E-state index contributed by atoms with van der Waals surface area (Å²) >= 11 is 3.29. The number of nitrogens with one attached hydrogen (secondary N) is 1. The zero-order chi connectivity index (χ0) is 14.8. The number of aromatic nitrogens is 2. The first-order valence-electron chi connectivity index (χ1n) is 6.31. The number of furan rings is 1. The highest BCUT2D eigenvalue weighted by Crippen LogP contribution is 2.27. The van der Waals surface area contributed by atoms with E-state index in [1.165, 1.54) is 0 Å². The molecule has 0 atom stereocenters. The monoisotopic (exact) mass is 345 g/mol. The minimum absolute atomic E-state index is 0.238. The Morgan fingerprint density at radius 2 is 2.33 bits per heavy atom. The lowest BCUT2D eigenvalue weighted by molar-refractivity contribution is 0.101. The lowest BCUT2D eigenvalue weighted by atomic mass is 10.3. The van der Waals surface area contributed by atoms with Gasteiger partial charge in [0.25, 0.3) is 5.91 Å². The number of carbonyl (C=O) groups excluding carboxylic acids is 1. The molecule has 3 heterocycles. The van der Waals surface area contributed by atoms with Crippen molar-refractivity contribution in [2.45, 2.75) is 6.54 Å². The maximum atomic E-state index is 12.4. The Balaban J connectivity index is 1.98. The van der Waals surface area contributed by atoms with Crippen molar-refractivity contribution in [3.63, 3.8) is 0 Å². The number of anilines is 1. The highest BCUT2D eigenvalue weighted by atomic mass is 79.9. The number of carbonyl (C=O) groups is 1. The van der Waals surface area contributed by atoms with Crippen molar-refractivity contribution in [1.29, 1.82) is 0 Å². The lowest BCUT2D eigenvalue weighted by Crippen LogP contribution is -2.17. The van der Waals surface area contributed by atoms with E-state index >= 15 is 0 Å². The summed E-state index contributed by atoms with van der Waals surface area (Å²) in [5.41, 5.74) is 1.99. The van der Waals surface area contributed by atoms with Crippen LogP contribution in [0.4, 0.5) is 5.82 Å². The molecule has 0 saturated carbocycles. The molecule has 21 heavy (non-hydrogen) atoms. The van der Waals surface area contributed by atoms with E-state index < -0.39 is 0 Å². The fourth-order valence-corrected chi connectivity index (χ4v) is 2.53. The fourth-order valence-electron chi connectivity index (χ4n) is 2.14. The number of pyridine rings is 1. The van der Waals surface area contributed by atoms with Crippen LogP contribution in [0.5, 0.6) is 0 Å². The van der Waals surface area contributed by atoms with Gasteiger partial charge >= 0.3 is 0 Å². The third-order valence-corrected chi connectivity index (χ3v) is 3.40. The Morgan fingerprint density at radius 3 is 3.05 bits per heavy atom. The molecule has 3 rings (SSSR count). The SMILES string of the molecule is C=CCn1c(C(=O)Nc2ccccn2)cc2oc(Br)cc21. The second-order valence-electron chi connectivity index (χ2n) is 4.40. The van der Waals surface area contributed by atoms with Gasteiger partial charge < -0.3 is 14.3 Å². The van der Waals surface area contributed by atoms with Crippen LogP contribution in [0.1, 0.15) is 10.5 Å². The van der Waals surface area contributed by atoms with Gasteiger partial charge in [-0.25, -0.2) is 4.98 Å². The van der Waals surface area contributed by atoms with E-state index in [4.69, 9.17) is 4.42 Å². The molecular weight excluding hydrogens is 334 g/mol. The summed E-state index contributed by atoms with van der Waals surface area (Å²) in [6, 6.07) is 8.88. The van der Waals surface area contributed by atoms with Crippen LogP contribution in [0.2, 0.25) is 0 Å². The quantitative estimate of drug-likeness (QED) is 0.731. The molecule has 0 aliphatic carbocycles. The van der Waals surface area contributed by atoms with E-state index in [0.717, 1.165) is 5.52 Å². The molecule has 0 aliphatic heterocycles. The Hall–Kier alpha value is -2.34. The van der Waals surface area contributed by atoms with E-state index in [0.29, 0.717) is 28.3 Å². The van der Waals surface area contributed by atoms with Crippen LogP contribution >= 0.6 is 15.9 Å². The minimum Gasteiger partial charge on any atom is -0.448 e. The molecule has 3 aromatic heterocycles. The van der Waals surface area contributed by atoms with Crippen molar-refractivity contribution in [3.05, 3.63) is 59.5 Å². The predicted molar refractivity (Wildman–Crippen MR) is 84.3 cm³/mol. The van der Waals surface area contributed by atoms with Crippen LogP contribution in [0.3, 0.4) is 0 Å². The molecule has 0 bridgehead atoms. The second kappa shape index (κ2) is 5.57. The molecule has 106 valence electrons. The Kier molecular flexibility index (Phi) is 3.62. The standard InChI is InChI=1S/C15H12BrN3O2/c1-2-7-19-10-9-13(16)21-12(10)8-11(19)15(20)18-14-5-3-4-6-17-14/h2-6,8-9H,1,7H2,(H,17,18,20). The molecule has 0 fully saturated rings. The van der Waals surface area contributed by atoms with Gasteiger partial charge in [0.1, 0.15) is 11.5 Å². The smallest absolute Gasteiger partial charge is 0.273 e. The Bertz CT molecular complexity index is 805. The van der Waals surface area contributed by atoms with Crippen molar-refractivity contribution in [3.8, 4) is 0 Å². The van der Waals surface area contributed by atoms with Gasteiger partial charge in [-0.3, -0.25) is 4.79 Å². The van der Waals surface area contributed by atoms with Crippen LogP contribution in [-0.2, 0) is 6.54 Å². The van der Waals surface area contributed by atoms with Crippen molar-refractivity contribution < 1.29 is 9.21 Å². The molecule has 0 radical (unpaired) electrons. The second-order valence-corrected chi connectivity index (χ2v) is 5.18. The van der Waals surface area contributed by atoms with Gasteiger partial charge in [-0.05, 0) is 28.1 Å². The predicted octanol–water partition coefficient (Wildman–Crippen LogP) is 3.83. The van der Waals surface area contributed by atoms with E-state index in [1.54, 1.807) is 30.5 Å². The molecule has 0 spiro atoms. The zero-order valence-electron chi connectivity index (χ0n) is 11.0. The lowest BCUT2D eigenvalue weighted by Gasteiger charge is -2.07. The summed E-state index contributed by atoms with van der Waals surface area (Å²) in [4.78, 5) is 16.5. The van der Waals surface area contributed by atoms with Crippen LogP contribution in [0.15, 0.2) is 58.3 Å². The first-order chi connectivity index (χ1) is 10.2. The molecule has 1 N–H and O–H groups in total. The molecule has 5 nitrogen and oxygen atoms in total. The van der Waals surface area contributed by atoms with E-state index in [2.05, 4.69) is 32.8 Å². The summed E-state index contributed by atoms with van der Waals surface area (Å²) in [6.07, 6.45) is 3.36. The minimum atomic E-state index is -0.238. The number of nitrogens with zero attached hydrogens (tertiary/aromatic N) is 2. The molecule has 0 saturated heterocycles. The molecule has 0 unspecified atom stereocenters. The molecular formula is C15H12BrN3O2. The normalized spacial score (nSPS) is 10.7. The number of hydrogen-bond donors (Lipinski definition) is 1. The maximum Gasteiger partial charge on any atom is 0.273 e.